The van der Waals surface area contributed by atoms with Gasteiger partial charge in [-0.15, -0.1) is 0 Å². The van der Waals surface area contributed by atoms with Gasteiger partial charge >= 0.3 is 6.09 Å². The first-order valence-corrected chi connectivity index (χ1v) is 5.11. The van der Waals surface area contributed by atoms with Crippen molar-refractivity contribution in [3.8, 4) is 0 Å². The minimum absolute atomic E-state index is 0.0197. The molecule has 0 aliphatic carbocycles. The molecule has 1 rings (SSSR count). The maximum Gasteiger partial charge on any atom is 0.404 e. The minimum Gasteiger partial charge on any atom is -0.449 e. The van der Waals surface area contributed by atoms with Crippen LogP contribution in [-0.4, -0.2) is 22.9 Å². The second-order valence-electron chi connectivity index (χ2n) is 4.70. The number of amides is 1. The second-order valence-corrected chi connectivity index (χ2v) is 4.70. The monoisotopic (exact) mass is 223 g/mol. The van der Waals surface area contributed by atoms with Crippen LogP contribution >= 0.6 is 0 Å². The first kappa shape index (κ1) is 12.4. The Kier molecular flexibility index (Phi) is 3.82. The highest BCUT2D eigenvalue weighted by Gasteiger charge is 2.28. The summed E-state index contributed by atoms with van der Waals surface area (Å²) < 4.78 is 4.86. The number of carbonyl (C=O) groups excluding carboxylic acids is 1. The fourth-order valence-electron chi connectivity index (χ4n) is 1.44. The third-order valence-electron chi connectivity index (χ3n) is 2.39. The summed E-state index contributed by atoms with van der Waals surface area (Å²) in [5, 5.41) is 7.87. The smallest absolute Gasteiger partial charge is 0.404 e. The van der Waals surface area contributed by atoms with Gasteiger partial charge in [0, 0.05) is 12.1 Å². The Morgan fingerprint density at radius 2 is 2.25 bits per heavy atom. The summed E-state index contributed by atoms with van der Waals surface area (Å²) in [6.45, 7) is 6.38. The number of nitrogens with two attached hydrogens (primary N) is 1. The zero-order valence-electron chi connectivity index (χ0n) is 9.80. The molecule has 2 N–H and O–H groups in total. The molecule has 0 aromatic carbocycles. The third kappa shape index (κ3) is 3.49. The summed E-state index contributed by atoms with van der Waals surface area (Å²) in [5.41, 5.74) is 5.69. The van der Waals surface area contributed by atoms with Crippen molar-refractivity contribution in [1.82, 2.24) is 10.2 Å². The van der Waals surface area contributed by atoms with Crippen LogP contribution in [0.2, 0.25) is 0 Å². The van der Waals surface area contributed by atoms with E-state index in [-0.39, 0.29) is 17.9 Å². The Balaban J connectivity index is 2.84. The van der Waals surface area contributed by atoms with E-state index in [4.69, 9.17) is 10.5 Å². The number of primary amides is 1. The molecule has 16 heavy (non-hydrogen) atoms. The van der Waals surface area contributed by atoms with E-state index in [2.05, 4.69) is 31.0 Å². The molecular formula is C11H17N3O2. The van der Waals surface area contributed by atoms with Crippen molar-refractivity contribution in [2.24, 2.45) is 11.1 Å². The standard InChI is InChI=1S/C11H17N3O2/c1-11(2,3)8(7-16-10(12)15)9-5-4-6-13-14-9/h4-6,8H,7H2,1-3H3,(H2,12,15). The number of nitrogens with zero attached hydrogens (tertiary/aromatic N) is 2. The number of carbonyl (C=O) groups is 1. The highest BCUT2D eigenvalue weighted by molar-refractivity contribution is 5.64. The number of rotatable bonds is 3. The molecule has 1 aromatic heterocycles. The Morgan fingerprint density at radius 1 is 1.56 bits per heavy atom. The summed E-state index contributed by atoms with van der Waals surface area (Å²) in [7, 11) is 0. The van der Waals surface area contributed by atoms with Crippen LogP contribution < -0.4 is 5.73 Å². The first-order chi connectivity index (χ1) is 7.41. The zero-order valence-corrected chi connectivity index (χ0v) is 9.80. The van der Waals surface area contributed by atoms with Crippen LogP contribution in [0.1, 0.15) is 32.4 Å². The van der Waals surface area contributed by atoms with E-state index in [0.29, 0.717) is 0 Å². The molecule has 1 heterocycles. The van der Waals surface area contributed by atoms with Crippen molar-refractivity contribution in [2.75, 3.05) is 6.61 Å². The van der Waals surface area contributed by atoms with Crippen molar-refractivity contribution in [1.29, 1.82) is 0 Å². The predicted octanol–water partition coefficient (Wildman–Crippen LogP) is 1.70. The molecule has 0 fully saturated rings. The van der Waals surface area contributed by atoms with Gasteiger partial charge in [-0.3, -0.25) is 0 Å². The molecule has 1 unspecified atom stereocenters. The van der Waals surface area contributed by atoms with Gasteiger partial charge < -0.3 is 10.5 Å². The Bertz CT molecular complexity index is 346. The molecular weight excluding hydrogens is 206 g/mol. The lowest BCUT2D eigenvalue weighted by Gasteiger charge is -2.29. The third-order valence-corrected chi connectivity index (χ3v) is 2.39. The van der Waals surface area contributed by atoms with E-state index in [1.165, 1.54) is 0 Å². The minimum atomic E-state index is -0.766. The summed E-state index contributed by atoms with van der Waals surface area (Å²) in [5.74, 6) is -0.0197. The molecule has 1 atom stereocenters. The zero-order chi connectivity index (χ0) is 12.2. The topological polar surface area (TPSA) is 78.1 Å². The average Bonchev–Trinajstić information content (AvgIpc) is 2.17. The molecule has 5 nitrogen and oxygen atoms in total. The number of hydrogen-bond acceptors (Lipinski definition) is 4. The summed E-state index contributed by atoms with van der Waals surface area (Å²) in [6, 6.07) is 3.68. The van der Waals surface area contributed by atoms with Gasteiger partial charge in [-0.2, -0.15) is 10.2 Å². The molecule has 0 aliphatic heterocycles. The van der Waals surface area contributed by atoms with Gasteiger partial charge in [-0.1, -0.05) is 20.8 Å². The molecule has 1 amide bonds. The molecule has 0 saturated carbocycles. The first-order valence-electron chi connectivity index (χ1n) is 5.11. The van der Waals surface area contributed by atoms with Gasteiger partial charge in [-0.25, -0.2) is 4.79 Å². The maximum absolute atomic E-state index is 10.6. The highest BCUT2D eigenvalue weighted by Crippen LogP contribution is 2.33. The number of hydrogen-bond donors (Lipinski definition) is 1. The van der Waals surface area contributed by atoms with Crippen molar-refractivity contribution >= 4 is 6.09 Å². The molecule has 1 aromatic rings. The highest BCUT2D eigenvalue weighted by atomic mass is 16.5. The van der Waals surface area contributed by atoms with Crippen LogP contribution in [0.5, 0.6) is 0 Å². The van der Waals surface area contributed by atoms with Gasteiger partial charge in [-0.05, 0) is 17.5 Å². The van der Waals surface area contributed by atoms with Crippen molar-refractivity contribution in [2.45, 2.75) is 26.7 Å². The van der Waals surface area contributed by atoms with E-state index < -0.39 is 6.09 Å². The fourth-order valence-corrected chi connectivity index (χ4v) is 1.44. The van der Waals surface area contributed by atoms with Crippen LogP contribution in [0, 0.1) is 5.41 Å². The lowest BCUT2D eigenvalue weighted by atomic mass is 9.79. The van der Waals surface area contributed by atoms with Crippen molar-refractivity contribution in [3.63, 3.8) is 0 Å². The van der Waals surface area contributed by atoms with Crippen molar-refractivity contribution in [3.05, 3.63) is 24.0 Å². The number of ether oxygens (including phenoxy) is 1. The van der Waals surface area contributed by atoms with E-state index >= 15 is 0 Å². The maximum atomic E-state index is 10.6. The van der Waals surface area contributed by atoms with Crippen LogP contribution in [0.4, 0.5) is 4.79 Å². The van der Waals surface area contributed by atoms with E-state index in [1.54, 1.807) is 6.20 Å². The van der Waals surface area contributed by atoms with Crippen LogP contribution in [-0.2, 0) is 4.74 Å². The Morgan fingerprint density at radius 3 is 2.69 bits per heavy atom. The Hall–Kier alpha value is -1.65. The van der Waals surface area contributed by atoms with Gasteiger partial charge in [0.2, 0.25) is 0 Å². The fraction of sp³-hybridized carbons (Fsp3) is 0.545. The van der Waals surface area contributed by atoms with Crippen molar-refractivity contribution < 1.29 is 9.53 Å². The lowest BCUT2D eigenvalue weighted by molar-refractivity contribution is 0.124. The van der Waals surface area contributed by atoms with E-state index in [0.717, 1.165) is 5.69 Å². The van der Waals surface area contributed by atoms with Crippen LogP contribution in [0.25, 0.3) is 0 Å². The van der Waals surface area contributed by atoms with E-state index in [1.807, 2.05) is 12.1 Å². The predicted molar refractivity (Wildman–Crippen MR) is 59.8 cm³/mol. The lowest BCUT2D eigenvalue weighted by Crippen LogP contribution is -2.27. The molecule has 0 bridgehead atoms. The van der Waals surface area contributed by atoms with Gasteiger partial charge in [0.1, 0.15) is 6.61 Å². The molecule has 0 spiro atoms. The second kappa shape index (κ2) is 4.92. The van der Waals surface area contributed by atoms with Crippen LogP contribution in [0.3, 0.4) is 0 Å². The molecule has 88 valence electrons. The molecule has 0 saturated heterocycles. The quantitative estimate of drug-likeness (QED) is 0.846. The average molecular weight is 223 g/mol. The summed E-state index contributed by atoms with van der Waals surface area (Å²) >= 11 is 0. The van der Waals surface area contributed by atoms with Gasteiger partial charge in [0.15, 0.2) is 0 Å². The molecule has 0 radical (unpaired) electrons. The summed E-state index contributed by atoms with van der Waals surface area (Å²) in [6.07, 6.45) is 0.844. The van der Waals surface area contributed by atoms with Gasteiger partial charge in [0.05, 0.1) is 5.69 Å². The van der Waals surface area contributed by atoms with Crippen LogP contribution in [0.15, 0.2) is 18.3 Å². The Labute approximate surface area is 95.0 Å². The molecule has 0 aliphatic rings. The summed E-state index contributed by atoms with van der Waals surface area (Å²) in [4.78, 5) is 10.6. The van der Waals surface area contributed by atoms with Gasteiger partial charge in [0.25, 0.3) is 0 Å². The largest absolute Gasteiger partial charge is 0.449 e. The molecule has 5 heteroatoms. The van der Waals surface area contributed by atoms with E-state index in [9.17, 15) is 4.79 Å². The number of aromatic nitrogens is 2. The normalized spacial score (nSPS) is 13.2. The SMILES string of the molecule is CC(C)(C)C(COC(N)=O)c1cccnn1.